The third kappa shape index (κ3) is 2.97. The van der Waals surface area contributed by atoms with Gasteiger partial charge in [-0.05, 0) is 41.1 Å². The van der Waals surface area contributed by atoms with Crippen molar-refractivity contribution in [1.82, 2.24) is 0 Å². The van der Waals surface area contributed by atoms with Gasteiger partial charge < -0.3 is 10.1 Å². The lowest BCUT2D eigenvalue weighted by Gasteiger charge is -2.11. The quantitative estimate of drug-likeness (QED) is 0.728. The molecule has 1 amide bonds. The van der Waals surface area contributed by atoms with E-state index in [4.69, 9.17) is 4.74 Å². The predicted molar refractivity (Wildman–Crippen MR) is 92.6 cm³/mol. The number of amides is 1. The Morgan fingerprint density at radius 1 is 1.00 bits per heavy atom. The van der Waals surface area contributed by atoms with E-state index in [0.717, 1.165) is 20.9 Å². The number of halogens is 1. The first-order valence-electron chi connectivity index (χ1n) is 6.81. The predicted octanol–water partition coefficient (Wildman–Crippen LogP) is 4.86. The molecule has 0 saturated carbocycles. The van der Waals surface area contributed by atoms with Crippen LogP contribution in [0.3, 0.4) is 0 Å². The highest BCUT2D eigenvalue weighted by Crippen LogP contribution is 2.27. The number of carbonyl (C=O) groups is 1. The van der Waals surface area contributed by atoms with Gasteiger partial charge in [0.25, 0.3) is 5.91 Å². The van der Waals surface area contributed by atoms with E-state index in [1.165, 1.54) is 0 Å². The van der Waals surface area contributed by atoms with Gasteiger partial charge >= 0.3 is 0 Å². The lowest BCUT2D eigenvalue weighted by molar-refractivity contribution is 0.102. The number of nitrogens with one attached hydrogen (secondary N) is 1. The van der Waals surface area contributed by atoms with E-state index < -0.39 is 0 Å². The summed E-state index contributed by atoms with van der Waals surface area (Å²) in [7, 11) is 1.57. The second-order valence-electron chi connectivity index (χ2n) is 4.86. The van der Waals surface area contributed by atoms with Gasteiger partial charge in [-0.1, -0.05) is 46.3 Å². The number of ether oxygens (including phenoxy) is 1. The fourth-order valence-corrected chi connectivity index (χ4v) is 2.73. The van der Waals surface area contributed by atoms with Crippen molar-refractivity contribution < 1.29 is 9.53 Å². The van der Waals surface area contributed by atoms with E-state index in [2.05, 4.69) is 21.2 Å². The summed E-state index contributed by atoms with van der Waals surface area (Å²) in [6.07, 6.45) is 0. The first-order valence-corrected chi connectivity index (χ1v) is 7.60. The van der Waals surface area contributed by atoms with Crippen LogP contribution in [-0.2, 0) is 0 Å². The van der Waals surface area contributed by atoms with Gasteiger partial charge in [0.1, 0.15) is 5.75 Å². The third-order valence-corrected chi connectivity index (χ3v) is 3.89. The van der Waals surface area contributed by atoms with E-state index in [1.54, 1.807) is 7.11 Å². The number of hydrogen-bond donors (Lipinski definition) is 1. The molecular formula is C18H14BrNO2. The summed E-state index contributed by atoms with van der Waals surface area (Å²) < 4.78 is 6.28. The van der Waals surface area contributed by atoms with Crippen molar-refractivity contribution in [2.45, 2.75) is 0 Å². The molecule has 110 valence electrons. The Morgan fingerprint density at radius 3 is 2.41 bits per heavy atom. The molecular weight excluding hydrogens is 342 g/mol. The fraction of sp³-hybridized carbons (Fsp3) is 0.0556. The summed E-state index contributed by atoms with van der Waals surface area (Å²) in [6.45, 7) is 0. The van der Waals surface area contributed by atoms with Crippen LogP contribution in [0, 0.1) is 0 Å². The zero-order valence-corrected chi connectivity index (χ0v) is 13.6. The van der Waals surface area contributed by atoms with Gasteiger partial charge in [0.2, 0.25) is 0 Å². The smallest absolute Gasteiger partial charge is 0.259 e. The lowest BCUT2D eigenvalue weighted by Crippen LogP contribution is -2.13. The molecule has 0 fully saturated rings. The molecule has 4 heteroatoms. The maximum atomic E-state index is 12.5. The van der Waals surface area contributed by atoms with E-state index in [0.29, 0.717) is 11.3 Å². The summed E-state index contributed by atoms with van der Waals surface area (Å²) in [5.74, 6) is 0.367. The molecule has 0 saturated heterocycles. The number of fused-ring (bicyclic) bond motifs is 1. The Kier molecular flexibility index (Phi) is 4.11. The summed E-state index contributed by atoms with van der Waals surface area (Å²) in [6, 6.07) is 19.1. The van der Waals surface area contributed by atoms with Crippen molar-refractivity contribution in [2.24, 2.45) is 0 Å². The average molecular weight is 356 g/mol. The second-order valence-corrected chi connectivity index (χ2v) is 5.78. The zero-order valence-electron chi connectivity index (χ0n) is 12.0. The summed E-state index contributed by atoms with van der Waals surface area (Å²) in [4.78, 5) is 12.5. The minimum absolute atomic E-state index is 0.194. The molecule has 0 atom stereocenters. The zero-order chi connectivity index (χ0) is 15.5. The highest BCUT2D eigenvalue weighted by atomic mass is 79.9. The topological polar surface area (TPSA) is 38.3 Å². The molecule has 0 unspecified atom stereocenters. The molecule has 0 aromatic heterocycles. The van der Waals surface area contributed by atoms with Gasteiger partial charge in [-0.2, -0.15) is 0 Å². The van der Waals surface area contributed by atoms with Crippen LogP contribution in [0.2, 0.25) is 0 Å². The summed E-state index contributed by atoms with van der Waals surface area (Å²) >= 11 is 3.39. The molecule has 0 aliphatic rings. The highest BCUT2D eigenvalue weighted by Gasteiger charge is 2.14. The molecule has 1 N–H and O–H groups in total. The van der Waals surface area contributed by atoms with Crippen LogP contribution >= 0.6 is 15.9 Å². The maximum absolute atomic E-state index is 12.5. The van der Waals surface area contributed by atoms with Crippen molar-refractivity contribution in [3.8, 4) is 5.75 Å². The van der Waals surface area contributed by atoms with Gasteiger partial charge in [0, 0.05) is 10.2 Å². The molecule has 3 aromatic rings. The van der Waals surface area contributed by atoms with Crippen LogP contribution in [0.5, 0.6) is 5.75 Å². The number of rotatable bonds is 3. The lowest BCUT2D eigenvalue weighted by atomic mass is 10.1. The molecule has 0 heterocycles. The van der Waals surface area contributed by atoms with E-state index in [1.807, 2.05) is 60.7 Å². The van der Waals surface area contributed by atoms with Crippen LogP contribution in [0.1, 0.15) is 10.4 Å². The standard InChI is InChI=1S/C18H14BrNO2/c1-22-17-10-13-6-3-2-5-12(13)9-16(17)18(21)20-15-8-4-7-14(19)11-15/h2-11H,1H3,(H,20,21). The van der Waals surface area contributed by atoms with Crippen molar-refractivity contribution in [2.75, 3.05) is 12.4 Å². The van der Waals surface area contributed by atoms with Gasteiger partial charge in [0.15, 0.2) is 0 Å². The average Bonchev–Trinajstić information content (AvgIpc) is 2.53. The van der Waals surface area contributed by atoms with Gasteiger partial charge in [-0.3, -0.25) is 4.79 Å². The second kappa shape index (κ2) is 6.20. The van der Waals surface area contributed by atoms with Crippen LogP contribution in [0.15, 0.2) is 65.1 Å². The van der Waals surface area contributed by atoms with Gasteiger partial charge in [-0.25, -0.2) is 0 Å². The largest absolute Gasteiger partial charge is 0.496 e. The van der Waals surface area contributed by atoms with Crippen LogP contribution in [0.4, 0.5) is 5.69 Å². The van der Waals surface area contributed by atoms with E-state index in [9.17, 15) is 4.79 Å². The minimum atomic E-state index is -0.194. The molecule has 3 nitrogen and oxygen atoms in total. The maximum Gasteiger partial charge on any atom is 0.259 e. The Bertz CT molecular complexity index is 845. The molecule has 22 heavy (non-hydrogen) atoms. The first-order chi connectivity index (χ1) is 10.7. The van der Waals surface area contributed by atoms with Gasteiger partial charge in [0.05, 0.1) is 12.7 Å². The monoisotopic (exact) mass is 355 g/mol. The van der Waals surface area contributed by atoms with E-state index >= 15 is 0 Å². The summed E-state index contributed by atoms with van der Waals surface area (Å²) in [5, 5.41) is 4.93. The van der Waals surface area contributed by atoms with E-state index in [-0.39, 0.29) is 5.91 Å². The Labute approximate surface area is 137 Å². The fourth-order valence-electron chi connectivity index (χ4n) is 2.33. The van der Waals surface area contributed by atoms with Crippen LogP contribution < -0.4 is 10.1 Å². The van der Waals surface area contributed by atoms with Crippen molar-refractivity contribution in [1.29, 1.82) is 0 Å². The molecule has 3 rings (SSSR count). The number of anilines is 1. The first kappa shape index (κ1) is 14.6. The molecule has 0 spiro atoms. The number of carbonyl (C=O) groups excluding carboxylic acids is 1. The molecule has 0 radical (unpaired) electrons. The molecule has 0 bridgehead atoms. The Morgan fingerprint density at radius 2 is 1.73 bits per heavy atom. The van der Waals surface area contributed by atoms with Crippen molar-refractivity contribution in [3.63, 3.8) is 0 Å². The number of methoxy groups -OCH3 is 1. The summed E-state index contributed by atoms with van der Waals surface area (Å²) in [5.41, 5.74) is 1.25. The molecule has 0 aliphatic heterocycles. The van der Waals surface area contributed by atoms with Gasteiger partial charge in [-0.15, -0.1) is 0 Å². The Balaban J connectivity index is 1.99. The highest BCUT2D eigenvalue weighted by molar-refractivity contribution is 9.10. The van der Waals surface area contributed by atoms with Crippen molar-refractivity contribution >= 4 is 38.3 Å². The normalized spacial score (nSPS) is 10.5. The molecule has 0 aliphatic carbocycles. The van der Waals surface area contributed by atoms with Crippen LogP contribution in [-0.4, -0.2) is 13.0 Å². The number of hydrogen-bond acceptors (Lipinski definition) is 2. The van der Waals surface area contributed by atoms with Crippen LogP contribution in [0.25, 0.3) is 10.8 Å². The number of benzene rings is 3. The SMILES string of the molecule is COc1cc2ccccc2cc1C(=O)Nc1cccc(Br)c1. The molecule has 3 aromatic carbocycles. The van der Waals surface area contributed by atoms with Crippen molar-refractivity contribution in [3.05, 3.63) is 70.7 Å². The Hall–Kier alpha value is -2.33. The minimum Gasteiger partial charge on any atom is -0.496 e. The third-order valence-electron chi connectivity index (χ3n) is 3.39.